The summed E-state index contributed by atoms with van der Waals surface area (Å²) in [6, 6.07) is 0.0593. The number of hydrogen-bond acceptors (Lipinski definition) is 6. The molecule has 0 saturated carbocycles. The van der Waals surface area contributed by atoms with Crippen molar-refractivity contribution in [3.63, 3.8) is 0 Å². The van der Waals surface area contributed by atoms with Crippen molar-refractivity contribution in [1.29, 1.82) is 0 Å². The van der Waals surface area contributed by atoms with Crippen LogP contribution in [0, 0.1) is 5.92 Å². The van der Waals surface area contributed by atoms with Gasteiger partial charge >= 0.3 is 6.03 Å². The van der Waals surface area contributed by atoms with Crippen LogP contribution in [0.25, 0.3) is 0 Å². The van der Waals surface area contributed by atoms with E-state index in [1.807, 2.05) is 4.90 Å². The Balaban J connectivity index is 1.47. The lowest BCUT2D eigenvalue weighted by Crippen LogP contribution is -2.50. The summed E-state index contributed by atoms with van der Waals surface area (Å²) in [6.07, 6.45) is 6.00. The average molecular weight is 353 g/mol. The van der Waals surface area contributed by atoms with Crippen molar-refractivity contribution in [3.05, 3.63) is 5.82 Å². The van der Waals surface area contributed by atoms with Gasteiger partial charge in [0.25, 0.3) is 0 Å². The Kier molecular flexibility index (Phi) is 6.02. The van der Waals surface area contributed by atoms with E-state index < -0.39 is 0 Å². The minimum atomic E-state index is -0.0819. The van der Waals surface area contributed by atoms with Gasteiger partial charge in [-0.15, -0.1) is 0 Å². The number of anilines is 1. The number of nitrogens with one attached hydrogen (secondary N) is 1. The first-order valence-corrected chi connectivity index (χ1v) is 9.70. The number of carbonyl (C=O) groups excluding carboxylic acids is 1. The molecule has 2 aliphatic heterocycles. The van der Waals surface area contributed by atoms with E-state index in [4.69, 9.17) is 10.5 Å². The summed E-state index contributed by atoms with van der Waals surface area (Å²) in [5.74, 6) is 1.27. The SMILES string of the molecule is CCCc1nsc(NC(=O)N2CCC(C3OCCCC3N)CC2)n1. The second kappa shape index (κ2) is 8.22. The van der Waals surface area contributed by atoms with Crippen LogP contribution < -0.4 is 11.1 Å². The van der Waals surface area contributed by atoms with E-state index in [9.17, 15) is 4.79 Å². The molecule has 2 fully saturated rings. The summed E-state index contributed by atoms with van der Waals surface area (Å²) in [4.78, 5) is 18.6. The number of likely N-dealkylation sites (tertiary alicyclic amines) is 1. The summed E-state index contributed by atoms with van der Waals surface area (Å²) in [6.45, 7) is 4.38. The summed E-state index contributed by atoms with van der Waals surface area (Å²) in [5.41, 5.74) is 6.20. The maximum Gasteiger partial charge on any atom is 0.323 e. The van der Waals surface area contributed by atoms with Crippen LogP contribution in [0.4, 0.5) is 9.93 Å². The lowest BCUT2D eigenvalue weighted by atomic mass is 9.85. The van der Waals surface area contributed by atoms with Crippen molar-refractivity contribution < 1.29 is 9.53 Å². The van der Waals surface area contributed by atoms with E-state index in [0.717, 1.165) is 64.0 Å². The fraction of sp³-hybridized carbons (Fsp3) is 0.812. The molecule has 8 heteroatoms. The van der Waals surface area contributed by atoms with Crippen molar-refractivity contribution in [3.8, 4) is 0 Å². The summed E-state index contributed by atoms with van der Waals surface area (Å²) < 4.78 is 10.1. The van der Waals surface area contributed by atoms with Gasteiger partial charge in [-0.25, -0.2) is 9.78 Å². The molecule has 2 unspecified atom stereocenters. The topological polar surface area (TPSA) is 93.4 Å². The van der Waals surface area contributed by atoms with E-state index >= 15 is 0 Å². The number of piperidine rings is 1. The zero-order valence-electron chi connectivity index (χ0n) is 14.2. The highest BCUT2D eigenvalue weighted by atomic mass is 32.1. The smallest absolute Gasteiger partial charge is 0.323 e. The second-order valence-electron chi connectivity index (χ2n) is 6.66. The van der Waals surface area contributed by atoms with Gasteiger partial charge in [-0.3, -0.25) is 5.32 Å². The molecule has 2 aliphatic rings. The zero-order chi connectivity index (χ0) is 16.9. The first-order chi connectivity index (χ1) is 11.7. The monoisotopic (exact) mass is 353 g/mol. The Bertz CT molecular complexity index is 544. The maximum atomic E-state index is 12.4. The molecule has 0 aliphatic carbocycles. The van der Waals surface area contributed by atoms with Gasteiger partial charge in [0.05, 0.1) is 6.10 Å². The fourth-order valence-electron chi connectivity index (χ4n) is 3.54. The van der Waals surface area contributed by atoms with Gasteiger partial charge < -0.3 is 15.4 Å². The van der Waals surface area contributed by atoms with Crippen LogP contribution in [0.15, 0.2) is 0 Å². The molecule has 3 heterocycles. The molecular weight excluding hydrogens is 326 g/mol. The van der Waals surface area contributed by atoms with Crippen molar-refractivity contribution in [1.82, 2.24) is 14.3 Å². The molecule has 1 aromatic rings. The molecule has 134 valence electrons. The Hall–Kier alpha value is -1.25. The van der Waals surface area contributed by atoms with Crippen molar-refractivity contribution in [2.45, 2.75) is 57.6 Å². The largest absolute Gasteiger partial charge is 0.376 e. The molecule has 2 amide bonds. The zero-order valence-corrected chi connectivity index (χ0v) is 15.1. The molecule has 7 nitrogen and oxygen atoms in total. The van der Waals surface area contributed by atoms with E-state index in [1.165, 1.54) is 11.5 Å². The predicted octanol–water partition coefficient (Wildman–Crippen LogP) is 2.24. The second-order valence-corrected chi connectivity index (χ2v) is 7.41. The number of nitrogens with zero attached hydrogens (tertiary/aromatic N) is 3. The molecule has 2 saturated heterocycles. The quantitative estimate of drug-likeness (QED) is 0.866. The predicted molar refractivity (Wildman–Crippen MR) is 94.2 cm³/mol. The normalized spacial score (nSPS) is 25.7. The Labute approximate surface area is 147 Å². The number of aryl methyl sites for hydroxylation is 1. The van der Waals surface area contributed by atoms with Gasteiger partial charge in [-0.1, -0.05) is 6.92 Å². The number of hydrogen-bond donors (Lipinski definition) is 2. The number of nitrogens with two attached hydrogens (primary N) is 1. The Morgan fingerprint density at radius 2 is 2.21 bits per heavy atom. The number of amides is 2. The molecule has 3 rings (SSSR count). The molecule has 24 heavy (non-hydrogen) atoms. The first kappa shape index (κ1) is 17.6. The number of rotatable bonds is 4. The lowest BCUT2D eigenvalue weighted by molar-refractivity contribution is -0.0468. The fourth-order valence-corrected chi connectivity index (χ4v) is 4.15. The van der Waals surface area contributed by atoms with Crippen LogP contribution in [0.2, 0.25) is 0 Å². The van der Waals surface area contributed by atoms with Crippen molar-refractivity contribution in [2.24, 2.45) is 11.7 Å². The Morgan fingerprint density at radius 3 is 2.92 bits per heavy atom. The standard InChI is InChI=1S/C16H27N5O2S/c1-2-4-13-18-15(24-20-13)19-16(22)21-8-6-11(7-9-21)14-12(17)5-3-10-23-14/h11-12,14H,2-10,17H2,1H3,(H,18,19,20,22). The van der Waals surface area contributed by atoms with Gasteiger partial charge in [-0.05, 0) is 38.0 Å². The summed E-state index contributed by atoms with van der Waals surface area (Å²) >= 11 is 1.25. The lowest BCUT2D eigenvalue weighted by Gasteiger charge is -2.39. The van der Waals surface area contributed by atoms with E-state index in [-0.39, 0.29) is 18.2 Å². The maximum absolute atomic E-state index is 12.4. The first-order valence-electron chi connectivity index (χ1n) is 8.93. The number of aromatic nitrogens is 2. The highest BCUT2D eigenvalue weighted by molar-refractivity contribution is 7.09. The van der Waals surface area contributed by atoms with Crippen LogP contribution >= 0.6 is 11.5 Å². The van der Waals surface area contributed by atoms with Gasteiger partial charge in [0.1, 0.15) is 5.82 Å². The van der Waals surface area contributed by atoms with E-state index in [1.54, 1.807) is 0 Å². The minimum absolute atomic E-state index is 0.0819. The molecule has 0 radical (unpaired) electrons. The van der Waals surface area contributed by atoms with Gasteiger partial charge in [0.15, 0.2) is 0 Å². The van der Waals surface area contributed by atoms with Crippen LogP contribution in [0.3, 0.4) is 0 Å². The van der Waals surface area contributed by atoms with Crippen molar-refractivity contribution >= 4 is 22.7 Å². The third kappa shape index (κ3) is 4.23. The van der Waals surface area contributed by atoms with Gasteiger partial charge in [0.2, 0.25) is 5.13 Å². The highest BCUT2D eigenvalue weighted by Crippen LogP contribution is 2.28. The molecular formula is C16H27N5O2S. The van der Waals surface area contributed by atoms with E-state index in [0.29, 0.717) is 11.0 Å². The molecule has 3 N–H and O–H groups in total. The average Bonchev–Trinajstić information content (AvgIpc) is 3.03. The number of urea groups is 1. The molecule has 0 aromatic carbocycles. The number of ether oxygens (including phenoxy) is 1. The number of carbonyl (C=O) groups is 1. The van der Waals surface area contributed by atoms with Gasteiger partial charge in [0, 0.05) is 43.7 Å². The molecule has 0 spiro atoms. The van der Waals surface area contributed by atoms with Crippen LogP contribution in [-0.4, -0.2) is 52.1 Å². The highest BCUT2D eigenvalue weighted by Gasteiger charge is 2.34. The summed E-state index contributed by atoms with van der Waals surface area (Å²) in [5, 5.41) is 3.46. The third-order valence-electron chi connectivity index (χ3n) is 4.86. The van der Waals surface area contributed by atoms with E-state index in [2.05, 4.69) is 21.6 Å². The third-order valence-corrected chi connectivity index (χ3v) is 5.53. The summed E-state index contributed by atoms with van der Waals surface area (Å²) in [7, 11) is 0. The van der Waals surface area contributed by atoms with Crippen LogP contribution in [-0.2, 0) is 11.2 Å². The van der Waals surface area contributed by atoms with Crippen molar-refractivity contribution in [2.75, 3.05) is 25.0 Å². The van der Waals surface area contributed by atoms with Crippen LogP contribution in [0.5, 0.6) is 0 Å². The molecule has 1 aromatic heterocycles. The minimum Gasteiger partial charge on any atom is -0.376 e. The molecule has 2 atom stereocenters. The van der Waals surface area contributed by atoms with Gasteiger partial charge in [-0.2, -0.15) is 4.37 Å². The Morgan fingerprint density at radius 1 is 1.42 bits per heavy atom. The van der Waals surface area contributed by atoms with Crippen LogP contribution in [0.1, 0.15) is 44.9 Å². The molecule has 0 bridgehead atoms.